The van der Waals surface area contributed by atoms with Gasteiger partial charge in [0.1, 0.15) is 12.3 Å². The molecule has 8 heteroatoms. The summed E-state index contributed by atoms with van der Waals surface area (Å²) >= 11 is 0. The molecule has 6 aromatic rings. The molecule has 59 heavy (non-hydrogen) atoms. The molecule has 0 aliphatic carbocycles. The second-order valence-electron chi connectivity index (χ2n) is 18.0. The van der Waals surface area contributed by atoms with Gasteiger partial charge in [-0.25, -0.2) is 19.9 Å². The van der Waals surface area contributed by atoms with Crippen molar-refractivity contribution in [3.05, 3.63) is 144 Å². The molecule has 0 N–H and O–H groups in total. The molecule has 4 aliphatic rings. The van der Waals surface area contributed by atoms with Crippen LogP contribution in [0.1, 0.15) is 115 Å². The first-order valence-electron chi connectivity index (χ1n) is 21.8. The molecule has 0 spiro atoms. The molecule has 4 aromatic carbocycles. The third-order valence-corrected chi connectivity index (χ3v) is 14.7. The Bertz CT molecular complexity index is 2520. The number of para-hydroxylation sites is 4. The first kappa shape index (κ1) is 37.5. The smallest absolute Gasteiger partial charge is 0.178 e. The number of rotatable bonds is 8. The van der Waals surface area contributed by atoms with Crippen molar-refractivity contribution in [1.29, 1.82) is 0 Å². The quantitative estimate of drug-likeness (QED) is 0.151. The van der Waals surface area contributed by atoms with E-state index in [9.17, 15) is 0 Å². The van der Waals surface area contributed by atoms with Gasteiger partial charge in [0.15, 0.2) is 23.3 Å². The van der Waals surface area contributed by atoms with Crippen molar-refractivity contribution >= 4 is 46.0 Å². The molecule has 6 heterocycles. The zero-order valence-corrected chi connectivity index (χ0v) is 35.7. The van der Waals surface area contributed by atoms with Crippen molar-refractivity contribution in [2.45, 2.75) is 110 Å². The standard InChI is InChI=1S/C51H56N8/c1-9-50(8)49-57(36-23-15-12-16-24-36)47-46(53-31-40(54-47)32(3)4)59(49)43-28-20-18-26-39(43)51(50,10-2)34(7)38-29-44-56(35-21-13-11-14-22-35)45-48(55-41(30-52-45)33(5)6)58(44)42-27-19-17-25-37(38)42/h11-28,30-34,38,44,49H,9-10,29H2,1-8H3. The van der Waals surface area contributed by atoms with Crippen LogP contribution in [0.5, 0.6) is 0 Å². The zero-order chi connectivity index (χ0) is 40.8. The van der Waals surface area contributed by atoms with Gasteiger partial charge < -0.3 is 19.6 Å². The highest BCUT2D eigenvalue weighted by Gasteiger charge is 2.66. The highest BCUT2D eigenvalue weighted by molar-refractivity contribution is 5.88. The molecule has 300 valence electrons. The van der Waals surface area contributed by atoms with Crippen molar-refractivity contribution in [2.75, 3.05) is 19.6 Å². The number of hydrogen-bond donors (Lipinski definition) is 0. The highest BCUT2D eigenvalue weighted by atomic mass is 15.5. The molecule has 6 unspecified atom stereocenters. The predicted octanol–water partition coefficient (Wildman–Crippen LogP) is 12.6. The summed E-state index contributed by atoms with van der Waals surface area (Å²) in [5.41, 5.74) is 9.08. The fraction of sp³-hybridized carbons (Fsp3) is 0.373. The van der Waals surface area contributed by atoms with Crippen LogP contribution < -0.4 is 19.6 Å². The molecule has 4 aliphatic heterocycles. The predicted molar refractivity (Wildman–Crippen MR) is 241 cm³/mol. The molecular formula is C51H56N8. The van der Waals surface area contributed by atoms with Crippen LogP contribution in [0.3, 0.4) is 0 Å². The molecular weight excluding hydrogens is 725 g/mol. The van der Waals surface area contributed by atoms with Gasteiger partial charge in [-0.3, -0.25) is 0 Å². The van der Waals surface area contributed by atoms with E-state index < -0.39 is 0 Å². The maximum absolute atomic E-state index is 5.45. The van der Waals surface area contributed by atoms with E-state index in [0.717, 1.165) is 65.3 Å². The molecule has 0 saturated carbocycles. The van der Waals surface area contributed by atoms with E-state index in [2.05, 4.69) is 184 Å². The van der Waals surface area contributed by atoms with E-state index in [1.54, 1.807) is 0 Å². The van der Waals surface area contributed by atoms with Gasteiger partial charge in [0.2, 0.25) is 0 Å². The van der Waals surface area contributed by atoms with Crippen LogP contribution in [0.4, 0.5) is 46.0 Å². The van der Waals surface area contributed by atoms with Gasteiger partial charge in [-0.15, -0.1) is 0 Å². The van der Waals surface area contributed by atoms with Crippen LogP contribution in [0, 0.1) is 11.3 Å². The lowest BCUT2D eigenvalue weighted by molar-refractivity contribution is 0.0218. The summed E-state index contributed by atoms with van der Waals surface area (Å²) in [6, 6.07) is 40.2. The number of hydrogen-bond acceptors (Lipinski definition) is 8. The van der Waals surface area contributed by atoms with Crippen molar-refractivity contribution in [1.82, 2.24) is 19.9 Å². The normalized spacial score (nSPS) is 24.4. The molecule has 8 nitrogen and oxygen atoms in total. The molecule has 0 saturated heterocycles. The Labute approximate surface area is 350 Å². The van der Waals surface area contributed by atoms with Crippen LogP contribution in [0.2, 0.25) is 0 Å². The number of benzene rings is 4. The Hall–Kier alpha value is -5.76. The Morgan fingerprint density at radius 1 is 0.576 bits per heavy atom. The maximum Gasteiger partial charge on any atom is 0.178 e. The summed E-state index contributed by atoms with van der Waals surface area (Å²) in [7, 11) is 0. The van der Waals surface area contributed by atoms with E-state index in [1.807, 2.05) is 12.4 Å². The summed E-state index contributed by atoms with van der Waals surface area (Å²) in [6.45, 7) is 18.8. The number of fused-ring (bicyclic) bond motifs is 10. The van der Waals surface area contributed by atoms with E-state index in [0.29, 0.717) is 0 Å². The van der Waals surface area contributed by atoms with Crippen LogP contribution in [0.15, 0.2) is 122 Å². The minimum absolute atomic E-state index is 0.00805. The lowest BCUT2D eigenvalue weighted by Crippen LogP contribution is -2.65. The van der Waals surface area contributed by atoms with Crippen LogP contribution >= 0.6 is 0 Å². The minimum atomic E-state index is -0.259. The van der Waals surface area contributed by atoms with Gasteiger partial charge >= 0.3 is 0 Å². The van der Waals surface area contributed by atoms with Gasteiger partial charge in [-0.2, -0.15) is 0 Å². The summed E-state index contributed by atoms with van der Waals surface area (Å²) in [6.07, 6.45) is 6.80. The van der Waals surface area contributed by atoms with E-state index >= 15 is 0 Å². The Morgan fingerprint density at radius 3 is 1.69 bits per heavy atom. The summed E-state index contributed by atoms with van der Waals surface area (Å²) in [5.74, 6) is 4.75. The maximum atomic E-state index is 5.45. The number of aromatic nitrogens is 4. The van der Waals surface area contributed by atoms with Gasteiger partial charge in [0.25, 0.3) is 0 Å². The van der Waals surface area contributed by atoms with Crippen molar-refractivity contribution in [3.63, 3.8) is 0 Å². The summed E-state index contributed by atoms with van der Waals surface area (Å²) in [5, 5.41) is 0. The highest BCUT2D eigenvalue weighted by Crippen LogP contribution is 2.68. The average molecular weight is 781 g/mol. The Morgan fingerprint density at radius 2 is 1.10 bits per heavy atom. The molecule has 0 radical (unpaired) electrons. The fourth-order valence-corrected chi connectivity index (χ4v) is 11.7. The molecule has 2 aromatic heterocycles. The van der Waals surface area contributed by atoms with Crippen LogP contribution in [-0.2, 0) is 5.41 Å². The Kier molecular flexibility index (Phi) is 8.85. The van der Waals surface area contributed by atoms with Gasteiger partial charge in [0.05, 0.1) is 23.8 Å². The topological polar surface area (TPSA) is 64.5 Å². The lowest BCUT2D eigenvalue weighted by Gasteiger charge is -2.63. The number of nitrogens with zero attached hydrogens (tertiary/aromatic N) is 8. The van der Waals surface area contributed by atoms with Crippen LogP contribution in [-0.4, -0.2) is 32.3 Å². The summed E-state index contributed by atoms with van der Waals surface area (Å²) in [4.78, 5) is 31.4. The Balaban J connectivity index is 1.19. The molecule has 0 bridgehead atoms. The molecule has 10 rings (SSSR count). The van der Waals surface area contributed by atoms with Crippen molar-refractivity contribution in [3.8, 4) is 0 Å². The fourth-order valence-electron chi connectivity index (χ4n) is 11.7. The van der Waals surface area contributed by atoms with Crippen molar-refractivity contribution in [2.24, 2.45) is 11.3 Å². The minimum Gasteiger partial charge on any atom is -0.302 e. The first-order chi connectivity index (χ1) is 28.6. The number of anilines is 8. The zero-order valence-electron chi connectivity index (χ0n) is 35.7. The third kappa shape index (κ3) is 5.20. The van der Waals surface area contributed by atoms with Crippen LogP contribution in [0.25, 0.3) is 0 Å². The van der Waals surface area contributed by atoms with E-state index in [4.69, 9.17) is 19.9 Å². The van der Waals surface area contributed by atoms with E-state index in [-0.39, 0.29) is 46.8 Å². The average Bonchev–Trinajstić information content (AvgIpc) is 3.80. The largest absolute Gasteiger partial charge is 0.302 e. The van der Waals surface area contributed by atoms with Gasteiger partial charge in [0, 0.05) is 33.6 Å². The van der Waals surface area contributed by atoms with E-state index in [1.165, 1.54) is 22.5 Å². The third-order valence-electron chi connectivity index (χ3n) is 14.7. The monoisotopic (exact) mass is 780 g/mol. The summed E-state index contributed by atoms with van der Waals surface area (Å²) < 4.78 is 0. The van der Waals surface area contributed by atoms with Crippen molar-refractivity contribution < 1.29 is 0 Å². The van der Waals surface area contributed by atoms with Gasteiger partial charge in [-0.05, 0) is 90.5 Å². The molecule has 0 amide bonds. The molecule has 0 fully saturated rings. The second-order valence-corrected chi connectivity index (χ2v) is 18.0. The first-order valence-corrected chi connectivity index (χ1v) is 21.8. The SMILES string of the molecule is CCC1(C)C2N(c3ccccc3)c3nc(C(C)C)cnc3N2c2ccccc2C1(CC)C(C)C1CC2N(c3ccccc3)c3ncc(C(C)C)nc3N2c2ccccc21. The lowest BCUT2D eigenvalue weighted by atomic mass is 9.47. The molecule has 6 atom stereocenters. The van der Waals surface area contributed by atoms with Gasteiger partial charge in [-0.1, -0.05) is 128 Å². The second kappa shape index (κ2) is 13.9.